The van der Waals surface area contributed by atoms with Crippen molar-refractivity contribution < 1.29 is 46.6 Å². The molecule has 1 atom stereocenters. The molecule has 7 rings (SSSR count). The van der Waals surface area contributed by atoms with Crippen LogP contribution in [-0.2, 0) is 36.4 Å². The van der Waals surface area contributed by atoms with Crippen LogP contribution in [0.25, 0.3) is 21.8 Å². The van der Waals surface area contributed by atoms with Gasteiger partial charge >= 0.3 is 15.9 Å². The summed E-state index contributed by atoms with van der Waals surface area (Å²) in [7, 11) is -2.89. The summed E-state index contributed by atoms with van der Waals surface area (Å²) < 4.78 is 60.0. The predicted molar refractivity (Wildman–Crippen MR) is 178 cm³/mol. The van der Waals surface area contributed by atoms with Crippen molar-refractivity contribution >= 4 is 72.7 Å². The number of piperidine rings is 2. The third-order valence-electron chi connectivity index (χ3n) is 9.59. The Balaban J connectivity index is 1.03. The number of aryl methyl sites for hydroxylation is 1. The van der Waals surface area contributed by atoms with Gasteiger partial charge in [-0.3, -0.25) is 33.6 Å². The molecule has 3 aliphatic rings. The minimum absolute atomic E-state index is 0.0416. The van der Waals surface area contributed by atoms with Crippen LogP contribution in [0.2, 0.25) is 0 Å². The van der Waals surface area contributed by atoms with Crippen LogP contribution in [0.4, 0.5) is 25.8 Å². The molecule has 0 saturated carbocycles. The summed E-state index contributed by atoms with van der Waals surface area (Å²) in [4.78, 5) is 63.6. The van der Waals surface area contributed by atoms with Gasteiger partial charge in [0, 0.05) is 43.7 Å². The molecule has 4 heterocycles. The number of aromatic hydroxyl groups is 1. The van der Waals surface area contributed by atoms with E-state index in [9.17, 15) is 42.6 Å². The topological polar surface area (TPSA) is 212 Å². The minimum Gasteiger partial charge on any atom is -0.506 e. The van der Waals surface area contributed by atoms with E-state index in [2.05, 4.69) is 10.6 Å². The number of phenolic OH excluding ortho intramolecular Hbond substituents is 1. The number of benzene rings is 3. The lowest BCUT2D eigenvalue weighted by atomic mass is 9.87. The van der Waals surface area contributed by atoms with Crippen molar-refractivity contribution in [2.45, 2.75) is 43.7 Å². The van der Waals surface area contributed by atoms with Crippen LogP contribution in [0, 0.1) is 11.6 Å². The van der Waals surface area contributed by atoms with E-state index in [1.54, 1.807) is 9.62 Å². The Morgan fingerprint density at radius 3 is 2.43 bits per heavy atom. The van der Waals surface area contributed by atoms with E-state index >= 15 is 8.78 Å². The maximum absolute atomic E-state index is 15.6. The van der Waals surface area contributed by atoms with Gasteiger partial charge in [0.15, 0.2) is 5.82 Å². The van der Waals surface area contributed by atoms with Crippen molar-refractivity contribution in [3.8, 4) is 5.75 Å². The Bertz CT molecular complexity index is 2370. The number of imidazole rings is 1. The van der Waals surface area contributed by atoms with Gasteiger partial charge in [-0.15, -0.1) is 0 Å². The minimum atomic E-state index is -4.39. The van der Waals surface area contributed by atoms with Crippen LogP contribution in [0.3, 0.4) is 0 Å². The molecule has 4 amide bonds. The number of hydrogen-bond acceptors (Lipinski definition) is 10. The second-order valence-corrected chi connectivity index (χ2v) is 14.5. The van der Waals surface area contributed by atoms with Crippen molar-refractivity contribution in [1.29, 1.82) is 0 Å². The van der Waals surface area contributed by atoms with Crippen molar-refractivity contribution in [3.63, 3.8) is 0 Å². The van der Waals surface area contributed by atoms with Crippen LogP contribution in [-0.4, -0.2) is 76.6 Å². The highest BCUT2D eigenvalue weighted by Crippen LogP contribution is 2.39. The lowest BCUT2D eigenvalue weighted by molar-refractivity contribution is -0.135. The molecule has 4 aromatic rings. The normalized spacial score (nSPS) is 20.2. The number of nitrogens with one attached hydrogen (secondary N) is 3. The zero-order valence-corrected chi connectivity index (χ0v) is 27.7. The standard InChI is InChI=1S/C32H31F2N7O9S/c1-38-22-13-21(19(33)12-23(22)41(31(38)47)20-4-5-25(43)36-30(20)46)39-8-6-32(48,7-9-39)14-26(44)35-17-2-3-18-16(10-17)11-24(42)29(28(18)34)40-15-27(45)37-51(40,49)50/h2-3,10-13,20,42,48H,4-9,14-15H2,1H3,(H,35,44)(H,37,45)(H,36,43,46). The number of imide groups is 1. The van der Waals surface area contributed by atoms with Gasteiger partial charge in [0.05, 0.1) is 28.7 Å². The van der Waals surface area contributed by atoms with Gasteiger partial charge in [-0.2, -0.15) is 8.42 Å². The van der Waals surface area contributed by atoms with E-state index in [0.717, 1.165) is 6.07 Å². The molecule has 0 radical (unpaired) electrons. The third kappa shape index (κ3) is 5.90. The van der Waals surface area contributed by atoms with Crippen LogP contribution < -0.4 is 30.3 Å². The van der Waals surface area contributed by atoms with E-state index in [1.165, 1.54) is 46.5 Å². The first-order chi connectivity index (χ1) is 24.0. The van der Waals surface area contributed by atoms with Gasteiger partial charge < -0.3 is 20.4 Å². The first-order valence-corrected chi connectivity index (χ1v) is 17.3. The average Bonchev–Trinajstić information content (AvgIpc) is 3.45. The second-order valence-electron chi connectivity index (χ2n) is 12.9. The highest BCUT2D eigenvalue weighted by molar-refractivity contribution is 7.92. The SMILES string of the molecule is Cn1c(=O)n(C2CCC(=O)NC2=O)c2cc(F)c(N3CCC(O)(CC(=O)Nc4ccc5c(F)c(N6CC(=O)NS6(=O)=O)c(O)cc5c4)CC3)cc21. The van der Waals surface area contributed by atoms with Gasteiger partial charge in [0.25, 0.3) is 5.91 Å². The zero-order chi connectivity index (χ0) is 36.6. The molecule has 3 aliphatic heterocycles. The van der Waals surface area contributed by atoms with Crippen LogP contribution in [0.5, 0.6) is 5.75 Å². The maximum Gasteiger partial charge on any atom is 0.329 e. The van der Waals surface area contributed by atoms with Crippen molar-refractivity contribution in [3.05, 3.63) is 58.5 Å². The second kappa shape index (κ2) is 12.0. The summed E-state index contributed by atoms with van der Waals surface area (Å²) in [6, 6.07) is 6.79. The number of phenols is 1. The highest BCUT2D eigenvalue weighted by Gasteiger charge is 2.39. The monoisotopic (exact) mass is 727 g/mol. The smallest absolute Gasteiger partial charge is 0.329 e. The maximum atomic E-state index is 15.6. The predicted octanol–water partition coefficient (Wildman–Crippen LogP) is 0.996. The number of rotatable bonds is 6. The van der Waals surface area contributed by atoms with Crippen LogP contribution in [0.1, 0.15) is 38.1 Å². The molecule has 51 heavy (non-hydrogen) atoms. The lowest BCUT2D eigenvalue weighted by Gasteiger charge is -2.39. The molecule has 0 bridgehead atoms. The van der Waals surface area contributed by atoms with E-state index in [-0.39, 0.29) is 72.9 Å². The fourth-order valence-electron chi connectivity index (χ4n) is 6.98. The molecule has 19 heteroatoms. The number of amides is 4. The number of carbonyl (C=O) groups excluding carboxylic acids is 4. The number of aromatic nitrogens is 2. The molecule has 1 aromatic heterocycles. The molecule has 0 spiro atoms. The summed E-state index contributed by atoms with van der Waals surface area (Å²) in [6.45, 7) is -0.379. The Hall–Kier alpha value is -5.56. The molecule has 5 N–H and O–H groups in total. The lowest BCUT2D eigenvalue weighted by Crippen LogP contribution is -2.46. The summed E-state index contributed by atoms with van der Waals surface area (Å²) in [5.41, 5.74) is -1.74. The number of nitrogens with zero attached hydrogens (tertiary/aromatic N) is 4. The molecule has 0 aliphatic carbocycles. The molecule has 3 fully saturated rings. The van der Waals surface area contributed by atoms with Crippen LogP contribution in [0.15, 0.2) is 41.2 Å². The quantitative estimate of drug-likeness (QED) is 0.178. The summed E-state index contributed by atoms with van der Waals surface area (Å²) in [6.07, 6.45) is -0.00451. The molecular formula is C32H31F2N7O9S. The third-order valence-corrected chi connectivity index (χ3v) is 11.0. The Labute approximate surface area is 287 Å². The number of carbonyl (C=O) groups is 4. The number of anilines is 3. The zero-order valence-electron chi connectivity index (χ0n) is 26.9. The number of aliphatic hydroxyl groups is 1. The molecule has 3 aromatic carbocycles. The van der Waals surface area contributed by atoms with Gasteiger partial charge in [0.2, 0.25) is 17.7 Å². The summed E-state index contributed by atoms with van der Waals surface area (Å²) in [5.74, 6) is -5.03. The fraction of sp³-hybridized carbons (Fsp3) is 0.344. The van der Waals surface area contributed by atoms with E-state index in [0.29, 0.717) is 9.82 Å². The molecule has 3 saturated heterocycles. The van der Waals surface area contributed by atoms with Crippen molar-refractivity contribution in [2.75, 3.05) is 34.2 Å². The van der Waals surface area contributed by atoms with Crippen molar-refractivity contribution in [2.24, 2.45) is 7.05 Å². The van der Waals surface area contributed by atoms with Gasteiger partial charge in [-0.25, -0.2) is 22.6 Å². The number of fused-ring (bicyclic) bond motifs is 2. The molecule has 16 nitrogen and oxygen atoms in total. The van der Waals surface area contributed by atoms with Gasteiger partial charge in [0.1, 0.15) is 29.8 Å². The highest BCUT2D eigenvalue weighted by atomic mass is 32.2. The van der Waals surface area contributed by atoms with Crippen LogP contribution >= 0.6 is 0 Å². The van der Waals surface area contributed by atoms with E-state index in [4.69, 9.17) is 0 Å². The first kappa shape index (κ1) is 33.9. The van der Waals surface area contributed by atoms with Gasteiger partial charge in [-0.05, 0) is 55.0 Å². The molecule has 268 valence electrons. The number of halogens is 2. The Morgan fingerprint density at radius 1 is 1.04 bits per heavy atom. The van der Waals surface area contributed by atoms with E-state index < -0.39 is 80.8 Å². The molecular weight excluding hydrogens is 696 g/mol. The van der Waals surface area contributed by atoms with E-state index in [1.807, 2.05) is 0 Å². The Morgan fingerprint density at radius 2 is 1.76 bits per heavy atom. The summed E-state index contributed by atoms with van der Waals surface area (Å²) in [5, 5.41) is 26.7. The fourth-order valence-corrected chi connectivity index (χ4v) is 8.15. The average molecular weight is 728 g/mol. The Kier molecular flexibility index (Phi) is 8.01. The van der Waals surface area contributed by atoms with Crippen molar-refractivity contribution in [1.82, 2.24) is 19.2 Å². The largest absolute Gasteiger partial charge is 0.506 e. The first-order valence-electron chi connectivity index (χ1n) is 15.8. The van der Waals surface area contributed by atoms with Gasteiger partial charge in [-0.1, -0.05) is 0 Å². The number of hydrogen-bond donors (Lipinski definition) is 5. The molecule has 1 unspecified atom stereocenters. The summed E-state index contributed by atoms with van der Waals surface area (Å²) >= 11 is 0.